The second-order valence-electron chi connectivity index (χ2n) is 3.60. The molecule has 0 aliphatic heterocycles. The quantitative estimate of drug-likeness (QED) is 0.814. The summed E-state index contributed by atoms with van der Waals surface area (Å²) < 4.78 is 5.45. The van der Waals surface area contributed by atoms with Crippen LogP contribution in [0.3, 0.4) is 0 Å². The molecule has 4 heteroatoms. The second kappa shape index (κ2) is 6.91. The molecule has 2 N–H and O–H groups in total. The summed E-state index contributed by atoms with van der Waals surface area (Å²) in [5, 5.41) is 0. The Kier molecular flexibility index (Phi) is 5.49. The van der Waals surface area contributed by atoms with E-state index in [2.05, 4.69) is 0 Å². The minimum Gasteiger partial charge on any atom is -0.493 e. The smallest absolute Gasteiger partial charge is 0.257 e. The summed E-state index contributed by atoms with van der Waals surface area (Å²) in [7, 11) is 0. The maximum Gasteiger partial charge on any atom is 0.257 e. The van der Waals surface area contributed by atoms with Crippen LogP contribution in [0.4, 0.5) is 0 Å². The van der Waals surface area contributed by atoms with Gasteiger partial charge in [-0.3, -0.25) is 4.79 Å². The molecule has 0 atom stereocenters. The van der Waals surface area contributed by atoms with Crippen LogP contribution in [0.5, 0.6) is 5.75 Å². The van der Waals surface area contributed by atoms with Gasteiger partial charge in [0.2, 0.25) is 0 Å². The van der Waals surface area contributed by atoms with Gasteiger partial charge in [-0.15, -0.1) is 0 Å². The maximum atomic E-state index is 12.3. The van der Waals surface area contributed by atoms with Crippen molar-refractivity contribution < 1.29 is 9.53 Å². The summed E-state index contributed by atoms with van der Waals surface area (Å²) in [5.74, 6) is 0.609. The Morgan fingerprint density at radius 3 is 2.65 bits per heavy atom. The number of hydrogen-bond donors (Lipinski definition) is 1. The largest absolute Gasteiger partial charge is 0.493 e. The molecule has 1 aromatic rings. The Bertz CT molecular complexity index is 366. The highest BCUT2D eigenvalue weighted by Crippen LogP contribution is 2.19. The highest BCUT2D eigenvalue weighted by Gasteiger charge is 2.17. The molecule has 1 amide bonds. The Morgan fingerprint density at radius 2 is 2.06 bits per heavy atom. The molecule has 0 spiro atoms. The van der Waals surface area contributed by atoms with Gasteiger partial charge in [0.25, 0.3) is 5.91 Å². The summed E-state index contributed by atoms with van der Waals surface area (Å²) in [6.45, 7) is 6.07. The van der Waals surface area contributed by atoms with Crippen LogP contribution in [0.2, 0.25) is 0 Å². The topological polar surface area (TPSA) is 55.6 Å². The summed E-state index contributed by atoms with van der Waals surface area (Å²) in [6.07, 6.45) is 0. The average Bonchev–Trinajstić information content (AvgIpc) is 2.36. The molecule has 0 aliphatic carbocycles. The van der Waals surface area contributed by atoms with E-state index in [0.717, 1.165) is 0 Å². The monoisotopic (exact) mass is 236 g/mol. The van der Waals surface area contributed by atoms with E-state index in [1.165, 1.54) is 0 Å². The van der Waals surface area contributed by atoms with E-state index in [1.54, 1.807) is 11.0 Å². The van der Waals surface area contributed by atoms with Crippen LogP contribution >= 0.6 is 0 Å². The highest BCUT2D eigenvalue weighted by molar-refractivity contribution is 5.96. The third-order valence-corrected chi connectivity index (χ3v) is 2.49. The standard InChI is InChI=1S/C13H20N2O2/c1-3-15(10-9-14)13(16)11-7-5-6-8-12(11)17-4-2/h5-8H,3-4,9-10,14H2,1-2H3. The van der Waals surface area contributed by atoms with E-state index in [-0.39, 0.29) is 5.91 Å². The van der Waals surface area contributed by atoms with Crippen LogP contribution in [0, 0.1) is 0 Å². The number of benzene rings is 1. The van der Waals surface area contributed by atoms with Gasteiger partial charge in [0.15, 0.2) is 0 Å². The molecule has 17 heavy (non-hydrogen) atoms. The van der Waals surface area contributed by atoms with E-state index < -0.39 is 0 Å². The lowest BCUT2D eigenvalue weighted by Crippen LogP contribution is -2.35. The Morgan fingerprint density at radius 1 is 1.35 bits per heavy atom. The molecule has 0 radical (unpaired) electrons. The maximum absolute atomic E-state index is 12.3. The molecule has 0 aliphatic rings. The lowest BCUT2D eigenvalue weighted by atomic mass is 10.1. The first-order valence-electron chi connectivity index (χ1n) is 5.95. The van der Waals surface area contributed by atoms with Crippen molar-refractivity contribution in [2.24, 2.45) is 5.73 Å². The van der Waals surface area contributed by atoms with Gasteiger partial charge in [-0.1, -0.05) is 12.1 Å². The van der Waals surface area contributed by atoms with Crippen LogP contribution in [-0.2, 0) is 0 Å². The number of ether oxygens (including phenoxy) is 1. The van der Waals surface area contributed by atoms with Crippen LogP contribution in [-0.4, -0.2) is 37.0 Å². The fourth-order valence-corrected chi connectivity index (χ4v) is 1.65. The van der Waals surface area contributed by atoms with E-state index in [9.17, 15) is 4.79 Å². The lowest BCUT2D eigenvalue weighted by Gasteiger charge is -2.21. The van der Waals surface area contributed by atoms with Crippen LogP contribution < -0.4 is 10.5 Å². The number of amides is 1. The molecule has 1 aromatic carbocycles. The number of para-hydroxylation sites is 1. The fourth-order valence-electron chi connectivity index (χ4n) is 1.65. The summed E-state index contributed by atoms with van der Waals surface area (Å²) in [6, 6.07) is 7.30. The zero-order chi connectivity index (χ0) is 12.7. The molecule has 0 aromatic heterocycles. The van der Waals surface area contributed by atoms with Gasteiger partial charge in [-0.25, -0.2) is 0 Å². The molecule has 0 unspecified atom stereocenters. The minimum atomic E-state index is -0.0259. The first-order chi connectivity index (χ1) is 8.24. The number of rotatable bonds is 6. The van der Waals surface area contributed by atoms with E-state index in [1.807, 2.05) is 32.0 Å². The number of likely N-dealkylation sites (N-methyl/N-ethyl adjacent to an activating group) is 1. The van der Waals surface area contributed by atoms with Gasteiger partial charge in [-0.05, 0) is 26.0 Å². The average molecular weight is 236 g/mol. The van der Waals surface area contributed by atoms with Gasteiger partial charge >= 0.3 is 0 Å². The van der Waals surface area contributed by atoms with Crippen LogP contribution in [0.25, 0.3) is 0 Å². The summed E-state index contributed by atoms with van der Waals surface area (Å²) in [5.41, 5.74) is 6.09. The van der Waals surface area contributed by atoms with Gasteiger partial charge in [0.05, 0.1) is 12.2 Å². The van der Waals surface area contributed by atoms with Gasteiger partial charge in [0.1, 0.15) is 5.75 Å². The highest BCUT2D eigenvalue weighted by atomic mass is 16.5. The van der Waals surface area contributed by atoms with Crippen LogP contribution in [0.15, 0.2) is 24.3 Å². The van der Waals surface area contributed by atoms with Gasteiger partial charge in [0, 0.05) is 19.6 Å². The Labute approximate surface area is 102 Å². The molecule has 0 saturated heterocycles. The predicted octanol–water partition coefficient (Wildman–Crippen LogP) is 1.51. The number of carbonyl (C=O) groups is 1. The normalized spacial score (nSPS) is 10.1. The van der Waals surface area contributed by atoms with Crippen molar-refractivity contribution in [2.75, 3.05) is 26.2 Å². The van der Waals surface area contributed by atoms with Gasteiger partial charge < -0.3 is 15.4 Å². The molecular formula is C13H20N2O2. The van der Waals surface area contributed by atoms with Crippen molar-refractivity contribution in [3.63, 3.8) is 0 Å². The molecular weight excluding hydrogens is 216 g/mol. The molecule has 0 saturated carbocycles. The summed E-state index contributed by atoms with van der Waals surface area (Å²) in [4.78, 5) is 14.0. The molecule has 1 rings (SSSR count). The van der Waals surface area contributed by atoms with Crippen LogP contribution in [0.1, 0.15) is 24.2 Å². The third-order valence-electron chi connectivity index (χ3n) is 2.49. The van der Waals surface area contributed by atoms with Crippen molar-refractivity contribution in [1.82, 2.24) is 4.90 Å². The summed E-state index contributed by atoms with van der Waals surface area (Å²) >= 11 is 0. The van der Waals surface area contributed by atoms with Gasteiger partial charge in [-0.2, -0.15) is 0 Å². The minimum absolute atomic E-state index is 0.0259. The first-order valence-corrected chi connectivity index (χ1v) is 5.95. The molecule has 0 fully saturated rings. The number of carbonyl (C=O) groups excluding carboxylic acids is 1. The number of hydrogen-bond acceptors (Lipinski definition) is 3. The Hall–Kier alpha value is -1.55. The molecule has 0 bridgehead atoms. The van der Waals surface area contributed by atoms with Crippen molar-refractivity contribution in [3.05, 3.63) is 29.8 Å². The van der Waals surface area contributed by atoms with E-state index in [4.69, 9.17) is 10.5 Å². The third kappa shape index (κ3) is 3.46. The van der Waals surface area contributed by atoms with Crippen molar-refractivity contribution in [1.29, 1.82) is 0 Å². The van der Waals surface area contributed by atoms with Crippen molar-refractivity contribution in [3.8, 4) is 5.75 Å². The second-order valence-corrected chi connectivity index (χ2v) is 3.60. The lowest BCUT2D eigenvalue weighted by molar-refractivity contribution is 0.0765. The predicted molar refractivity (Wildman–Crippen MR) is 68.2 cm³/mol. The zero-order valence-corrected chi connectivity index (χ0v) is 10.5. The van der Waals surface area contributed by atoms with Crippen molar-refractivity contribution >= 4 is 5.91 Å². The zero-order valence-electron chi connectivity index (χ0n) is 10.5. The number of nitrogens with zero attached hydrogens (tertiary/aromatic N) is 1. The Balaban J connectivity index is 2.93. The first kappa shape index (κ1) is 13.5. The molecule has 0 heterocycles. The van der Waals surface area contributed by atoms with E-state index in [0.29, 0.717) is 37.6 Å². The van der Waals surface area contributed by atoms with E-state index >= 15 is 0 Å². The SMILES string of the molecule is CCOc1ccccc1C(=O)N(CC)CCN. The number of nitrogens with two attached hydrogens (primary N) is 1. The van der Waals surface area contributed by atoms with Crippen molar-refractivity contribution in [2.45, 2.75) is 13.8 Å². The molecule has 4 nitrogen and oxygen atoms in total. The fraction of sp³-hybridized carbons (Fsp3) is 0.462. The molecule has 94 valence electrons.